The normalized spacial score (nSPS) is 18.0. The van der Waals surface area contributed by atoms with Crippen molar-refractivity contribution in [3.05, 3.63) is 58.9 Å². The summed E-state index contributed by atoms with van der Waals surface area (Å²) >= 11 is 6.00. The fourth-order valence-corrected chi connectivity index (χ4v) is 4.00. The number of nitrogens with one attached hydrogen (secondary N) is 4. The van der Waals surface area contributed by atoms with E-state index in [-0.39, 0.29) is 18.1 Å². The van der Waals surface area contributed by atoms with Crippen LogP contribution in [0.2, 0.25) is 5.02 Å². The van der Waals surface area contributed by atoms with E-state index in [4.69, 9.17) is 17.3 Å². The highest BCUT2D eigenvalue weighted by atomic mass is 35.5. The van der Waals surface area contributed by atoms with Gasteiger partial charge in [0.15, 0.2) is 0 Å². The third kappa shape index (κ3) is 6.72. The summed E-state index contributed by atoms with van der Waals surface area (Å²) in [6.07, 6.45) is 0.542. The fourth-order valence-electron chi connectivity index (χ4n) is 3.83. The van der Waals surface area contributed by atoms with Gasteiger partial charge >= 0.3 is 5.97 Å². The molecule has 10 heteroatoms. The zero-order valence-electron chi connectivity index (χ0n) is 18.5. The summed E-state index contributed by atoms with van der Waals surface area (Å²) in [4.78, 5) is 24.5. The average Bonchev–Trinajstić information content (AvgIpc) is 3.28. The molecule has 0 bridgehead atoms. The second-order valence-corrected chi connectivity index (χ2v) is 9.32. The van der Waals surface area contributed by atoms with Crippen molar-refractivity contribution < 1.29 is 19.1 Å². The molecule has 0 saturated carbocycles. The van der Waals surface area contributed by atoms with Gasteiger partial charge in [-0.3, -0.25) is 9.59 Å². The molecule has 0 aromatic heterocycles. The minimum atomic E-state index is -1.02. The van der Waals surface area contributed by atoms with E-state index in [1.54, 1.807) is 32.0 Å². The van der Waals surface area contributed by atoms with E-state index in [2.05, 4.69) is 21.7 Å². The Morgan fingerprint density at radius 3 is 2.55 bits per heavy atom. The number of hydrogen-bond acceptors (Lipinski definition) is 6. The molecule has 0 spiro atoms. The topological polar surface area (TPSA) is 129 Å². The molecule has 7 N–H and O–H groups in total. The molecule has 0 radical (unpaired) electrons. The van der Waals surface area contributed by atoms with Crippen molar-refractivity contribution in [1.82, 2.24) is 21.7 Å². The number of rotatable bonds is 9. The molecule has 33 heavy (non-hydrogen) atoms. The van der Waals surface area contributed by atoms with E-state index < -0.39 is 29.5 Å². The number of carboxylic acid groups (broad SMARTS) is 1. The van der Waals surface area contributed by atoms with Crippen LogP contribution in [0.4, 0.5) is 4.39 Å². The van der Waals surface area contributed by atoms with Crippen LogP contribution in [0.1, 0.15) is 25.8 Å². The van der Waals surface area contributed by atoms with Gasteiger partial charge in [-0.1, -0.05) is 35.9 Å². The Balaban J connectivity index is 1.80. The van der Waals surface area contributed by atoms with Crippen LogP contribution < -0.4 is 27.4 Å². The number of aliphatic carboxylic acids is 1. The summed E-state index contributed by atoms with van der Waals surface area (Å²) in [5.41, 5.74) is 15.4. The number of carbonyl (C=O) groups excluding carboxylic acids is 1. The first kappa shape index (κ1) is 25.1. The number of hydrogen-bond donors (Lipinski definition) is 6. The standard InChI is InChI=1S/C23H29ClFN5O3/c1-23(2,26)18(22(32)33)11-16(28-21(31)20-12-27-30-29-20)9-13-3-5-14(6-4-13)17-10-15(24)7-8-19(17)25/h3-8,10,16,18,20,27,29-30H,9,11-12,26H2,1-2H3,(H,28,31)(H,32,33)/t16-,18-,20?/m1/s1. The molecule has 1 aliphatic rings. The smallest absolute Gasteiger partial charge is 0.308 e. The molecule has 1 saturated heterocycles. The molecule has 1 heterocycles. The Morgan fingerprint density at radius 1 is 1.27 bits per heavy atom. The largest absolute Gasteiger partial charge is 0.481 e. The van der Waals surface area contributed by atoms with Crippen molar-refractivity contribution >= 4 is 23.5 Å². The van der Waals surface area contributed by atoms with E-state index >= 15 is 0 Å². The number of nitrogens with two attached hydrogens (primary N) is 1. The van der Waals surface area contributed by atoms with Gasteiger partial charge in [0.1, 0.15) is 11.9 Å². The van der Waals surface area contributed by atoms with Crippen LogP contribution in [-0.4, -0.2) is 41.2 Å². The number of carbonyl (C=O) groups is 2. The lowest BCUT2D eigenvalue weighted by Gasteiger charge is -2.31. The van der Waals surface area contributed by atoms with Crippen LogP contribution in [0.5, 0.6) is 0 Å². The monoisotopic (exact) mass is 477 g/mol. The van der Waals surface area contributed by atoms with Crippen molar-refractivity contribution in [2.75, 3.05) is 6.54 Å². The third-order valence-corrected chi connectivity index (χ3v) is 5.93. The molecule has 1 unspecified atom stereocenters. The predicted molar refractivity (Wildman–Crippen MR) is 125 cm³/mol. The van der Waals surface area contributed by atoms with Gasteiger partial charge in [0, 0.05) is 28.7 Å². The molecule has 3 rings (SSSR count). The van der Waals surface area contributed by atoms with Crippen molar-refractivity contribution in [3.63, 3.8) is 0 Å². The van der Waals surface area contributed by atoms with E-state index in [1.165, 1.54) is 12.1 Å². The summed E-state index contributed by atoms with van der Waals surface area (Å²) in [7, 11) is 0. The summed E-state index contributed by atoms with van der Waals surface area (Å²) in [5, 5.41) is 13.1. The van der Waals surface area contributed by atoms with E-state index in [0.29, 0.717) is 29.1 Å². The van der Waals surface area contributed by atoms with Crippen LogP contribution in [0.3, 0.4) is 0 Å². The first-order chi connectivity index (χ1) is 15.5. The molecule has 1 amide bonds. The van der Waals surface area contributed by atoms with E-state index in [0.717, 1.165) is 5.56 Å². The number of amides is 1. The SMILES string of the molecule is CC(C)(N)[C@H](C[C@@H](Cc1ccc(-c2cc(Cl)ccc2F)cc1)NC(=O)C1CNNN1)C(=O)O. The van der Waals surface area contributed by atoms with Crippen LogP contribution in [0, 0.1) is 11.7 Å². The van der Waals surface area contributed by atoms with Crippen molar-refractivity contribution in [1.29, 1.82) is 0 Å². The van der Waals surface area contributed by atoms with Gasteiger partial charge in [-0.2, -0.15) is 5.53 Å². The van der Waals surface area contributed by atoms with Gasteiger partial charge in [-0.05, 0) is 56.0 Å². The highest BCUT2D eigenvalue weighted by molar-refractivity contribution is 6.30. The zero-order valence-corrected chi connectivity index (χ0v) is 19.2. The number of benzene rings is 2. The Hall–Kier alpha value is -2.56. The highest BCUT2D eigenvalue weighted by Crippen LogP contribution is 2.27. The molecule has 178 valence electrons. The molecule has 1 aliphatic heterocycles. The van der Waals surface area contributed by atoms with Gasteiger partial charge in [-0.15, -0.1) is 0 Å². The van der Waals surface area contributed by atoms with Crippen LogP contribution >= 0.6 is 11.6 Å². The van der Waals surface area contributed by atoms with Crippen molar-refractivity contribution in [3.8, 4) is 11.1 Å². The van der Waals surface area contributed by atoms with Gasteiger partial charge in [-0.25, -0.2) is 15.2 Å². The minimum absolute atomic E-state index is 0.156. The lowest BCUT2D eigenvalue weighted by molar-refractivity contribution is -0.144. The summed E-state index contributed by atoms with van der Waals surface area (Å²) < 4.78 is 14.2. The van der Waals surface area contributed by atoms with Crippen molar-refractivity contribution in [2.45, 2.75) is 44.3 Å². The average molecular weight is 478 g/mol. The second-order valence-electron chi connectivity index (χ2n) is 8.88. The third-order valence-electron chi connectivity index (χ3n) is 5.70. The Kier molecular flexibility index (Phi) is 8.04. The first-order valence-corrected chi connectivity index (χ1v) is 11.0. The first-order valence-electron chi connectivity index (χ1n) is 10.6. The van der Waals surface area contributed by atoms with Gasteiger partial charge in [0.05, 0.1) is 5.92 Å². The van der Waals surface area contributed by atoms with Crippen LogP contribution in [0.15, 0.2) is 42.5 Å². The Labute approximate surface area is 197 Å². The van der Waals surface area contributed by atoms with Crippen LogP contribution in [-0.2, 0) is 16.0 Å². The predicted octanol–water partition coefficient (Wildman–Crippen LogP) is 1.98. The number of carboxylic acids is 1. The quantitative estimate of drug-likeness (QED) is 0.326. The molecule has 3 atom stereocenters. The van der Waals surface area contributed by atoms with E-state index in [1.807, 2.05) is 12.1 Å². The molecule has 2 aromatic rings. The zero-order chi connectivity index (χ0) is 24.2. The van der Waals surface area contributed by atoms with Gasteiger partial charge in [0.2, 0.25) is 5.91 Å². The fraction of sp³-hybridized carbons (Fsp3) is 0.391. The summed E-state index contributed by atoms with van der Waals surface area (Å²) in [6, 6.07) is 10.6. The van der Waals surface area contributed by atoms with Crippen LogP contribution in [0.25, 0.3) is 11.1 Å². The number of halogens is 2. The minimum Gasteiger partial charge on any atom is -0.481 e. The van der Waals surface area contributed by atoms with Gasteiger partial charge in [0.25, 0.3) is 0 Å². The Bertz CT molecular complexity index is 991. The Morgan fingerprint density at radius 2 is 1.97 bits per heavy atom. The molecule has 0 aliphatic carbocycles. The second kappa shape index (κ2) is 10.6. The maximum atomic E-state index is 14.2. The highest BCUT2D eigenvalue weighted by Gasteiger charge is 2.35. The lowest BCUT2D eigenvalue weighted by atomic mass is 9.82. The molecular formula is C23H29ClFN5O3. The summed E-state index contributed by atoms with van der Waals surface area (Å²) in [5.74, 6) is -2.52. The molecule has 2 aromatic carbocycles. The van der Waals surface area contributed by atoms with E-state index in [9.17, 15) is 19.1 Å². The summed E-state index contributed by atoms with van der Waals surface area (Å²) in [6.45, 7) is 3.71. The maximum absolute atomic E-state index is 14.2. The molecular weight excluding hydrogens is 449 g/mol. The maximum Gasteiger partial charge on any atom is 0.308 e. The van der Waals surface area contributed by atoms with Gasteiger partial charge < -0.3 is 16.2 Å². The van der Waals surface area contributed by atoms with Crippen molar-refractivity contribution in [2.24, 2.45) is 11.7 Å². The number of hydrazine groups is 2. The lowest BCUT2D eigenvalue weighted by Crippen LogP contribution is -2.52. The molecule has 8 nitrogen and oxygen atoms in total. The molecule has 1 fully saturated rings.